The molecular weight excluding hydrogens is 362 g/mol. The summed E-state index contributed by atoms with van der Waals surface area (Å²) in [6.07, 6.45) is 0.270. The van der Waals surface area contributed by atoms with Gasteiger partial charge in [0.25, 0.3) is 0 Å². The van der Waals surface area contributed by atoms with E-state index < -0.39 is 0 Å². The quantitative estimate of drug-likeness (QED) is 0.757. The summed E-state index contributed by atoms with van der Waals surface area (Å²) in [6.45, 7) is 0. The number of hydrogen-bond acceptors (Lipinski definition) is 3. The minimum atomic E-state index is -0.295. The second-order valence-electron chi connectivity index (χ2n) is 5.03. The summed E-state index contributed by atoms with van der Waals surface area (Å²) in [5.41, 5.74) is 1.80. The van der Waals surface area contributed by atoms with Crippen LogP contribution in [0.25, 0.3) is 0 Å². The number of halogens is 1. The third kappa shape index (κ3) is 3.25. The van der Waals surface area contributed by atoms with E-state index in [1.807, 2.05) is 42.5 Å². The van der Waals surface area contributed by atoms with Gasteiger partial charge in [-0.2, -0.15) is 0 Å². The summed E-state index contributed by atoms with van der Waals surface area (Å²) >= 11 is 4.88. The highest BCUT2D eigenvalue weighted by molar-refractivity contribution is 9.10. The fourth-order valence-electron chi connectivity index (χ4n) is 2.37. The number of hydrogen-bond donors (Lipinski definition) is 0. The van der Waals surface area contributed by atoms with Gasteiger partial charge in [-0.25, -0.2) is 4.90 Å². The molecule has 22 heavy (non-hydrogen) atoms. The summed E-state index contributed by atoms with van der Waals surface area (Å²) in [7, 11) is 0. The lowest BCUT2D eigenvalue weighted by molar-refractivity contribution is -0.121. The minimum Gasteiger partial charge on any atom is -0.274 e. The standard InChI is InChI=1S/C17H14BrNO2S/c18-13-6-8-14(9-7-13)19-16(20)10-15(17(19)21)22-11-12-4-2-1-3-5-12/h1-9,15H,10-11H2/t15-/m0/s1. The Bertz CT molecular complexity index is 688. The first-order valence-corrected chi connectivity index (χ1v) is 8.77. The third-order valence-electron chi connectivity index (χ3n) is 3.48. The minimum absolute atomic E-state index is 0.117. The van der Waals surface area contributed by atoms with E-state index in [1.54, 1.807) is 12.1 Å². The molecule has 0 bridgehead atoms. The maximum absolute atomic E-state index is 12.5. The lowest BCUT2D eigenvalue weighted by atomic mass is 10.2. The highest BCUT2D eigenvalue weighted by atomic mass is 79.9. The van der Waals surface area contributed by atoms with Gasteiger partial charge in [-0.15, -0.1) is 11.8 Å². The van der Waals surface area contributed by atoms with Crippen molar-refractivity contribution in [3.8, 4) is 0 Å². The number of benzene rings is 2. The molecule has 0 radical (unpaired) electrons. The van der Waals surface area contributed by atoms with Gasteiger partial charge in [0, 0.05) is 16.6 Å². The zero-order valence-corrected chi connectivity index (χ0v) is 14.1. The predicted octanol–water partition coefficient (Wildman–Crippen LogP) is 4.01. The summed E-state index contributed by atoms with van der Waals surface area (Å²) in [5.74, 6) is 0.491. The number of anilines is 1. The largest absolute Gasteiger partial charge is 0.274 e. The second kappa shape index (κ2) is 6.67. The smallest absolute Gasteiger partial charge is 0.247 e. The molecule has 3 nitrogen and oxygen atoms in total. The highest BCUT2D eigenvalue weighted by Gasteiger charge is 2.39. The van der Waals surface area contributed by atoms with Gasteiger partial charge in [-0.1, -0.05) is 46.3 Å². The van der Waals surface area contributed by atoms with Gasteiger partial charge in [-0.05, 0) is 29.8 Å². The molecule has 0 N–H and O–H groups in total. The summed E-state index contributed by atoms with van der Waals surface area (Å²) in [4.78, 5) is 26.0. The maximum atomic E-state index is 12.5. The van der Waals surface area contributed by atoms with Crippen molar-refractivity contribution in [3.63, 3.8) is 0 Å². The Morgan fingerprint density at radius 3 is 2.41 bits per heavy atom. The van der Waals surface area contributed by atoms with Crippen LogP contribution in [-0.4, -0.2) is 17.1 Å². The van der Waals surface area contributed by atoms with Crippen molar-refractivity contribution in [2.75, 3.05) is 4.90 Å². The number of imide groups is 1. The number of carbonyl (C=O) groups is 2. The number of amides is 2. The summed E-state index contributed by atoms with van der Waals surface area (Å²) in [6, 6.07) is 17.2. The van der Waals surface area contributed by atoms with Crippen LogP contribution in [0.15, 0.2) is 59.1 Å². The van der Waals surface area contributed by atoms with Crippen molar-refractivity contribution in [2.45, 2.75) is 17.4 Å². The van der Waals surface area contributed by atoms with E-state index in [1.165, 1.54) is 16.7 Å². The first-order valence-electron chi connectivity index (χ1n) is 6.93. The number of rotatable bonds is 4. The summed E-state index contributed by atoms with van der Waals surface area (Å²) < 4.78 is 0.922. The van der Waals surface area contributed by atoms with Crippen molar-refractivity contribution in [2.24, 2.45) is 0 Å². The van der Waals surface area contributed by atoms with Crippen LogP contribution in [0.5, 0.6) is 0 Å². The Labute approximate surface area is 141 Å². The van der Waals surface area contributed by atoms with Crippen molar-refractivity contribution in [1.29, 1.82) is 0 Å². The molecule has 3 rings (SSSR count). The molecule has 1 aliphatic rings. The molecular formula is C17H14BrNO2S. The zero-order valence-electron chi connectivity index (χ0n) is 11.7. The van der Waals surface area contributed by atoms with E-state index >= 15 is 0 Å². The molecule has 1 heterocycles. The van der Waals surface area contributed by atoms with Crippen molar-refractivity contribution < 1.29 is 9.59 Å². The van der Waals surface area contributed by atoms with E-state index in [-0.39, 0.29) is 23.5 Å². The van der Waals surface area contributed by atoms with Gasteiger partial charge in [0.1, 0.15) is 0 Å². The molecule has 1 saturated heterocycles. The topological polar surface area (TPSA) is 37.4 Å². The van der Waals surface area contributed by atoms with Crippen LogP contribution in [0.3, 0.4) is 0 Å². The summed E-state index contributed by atoms with van der Waals surface area (Å²) in [5, 5.41) is -0.295. The lowest BCUT2D eigenvalue weighted by Crippen LogP contribution is -2.31. The van der Waals surface area contributed by atoms with Gasteiger partial charge in [0.05, 0.1) is 10.9 Å². The molecule has 1 fully saturated rings. The highest BCUT2D eigenvalue weighted by Crippen LogP contribution is 2.31. The Morgan fingerprint density at radius 2 is 1.73 bits per heavy atom. The van der Waals surface area contributed by atoms with Gasteiger partial charge >= 0.3 is 0 Å². The second-order valence-corrected chi connectivity index (χ2v) is 7.14. The van der Waals surface area contributed by atoms with E-state index in [9.17, 15) is 9.59 Å². The van der Waals surface area contributed by atoms with Crippen LogP contribution in [0.4, 0.5) is 5.69 Å². The van der Waals surface area contributed by atoms with Crippen LogP contribution in [0, 0.1) is 0 Å². The molecule has 1 aliphatic heterocycles. The average molecular weight is 376 g/mol. The van der Waals surface area contributed by atoms with Crippen LogP contribution in [0.1, 0.15) is 12.0 Å². The monoisotopic (exact) mass is 375 g/mol. The number of nitrogens with zero attached hydrogens (tertiary/aromatic N) is 1. The molecule has 5 heteroatoms. The lowest BCUT2D eigenvalue weighted by Gasteiger charge is -2.15. The van der Waals surface area contributed by atoms with E-state index in [0.29, 0.717) is 5.69 Å². The Kier molecular flexibility index (Phi) is 4.64. The SMILES string of the molecule is O=C1C[C@H](SCc2ccccc2)C(=O)N1c1ccc(Br)cc1. The van der Waals surface area contributed by atoms with Gasteiger partial charge < -0.3 is 0 Å². The predicted molar refractivity (Wildman–Crippen MR) is 92.8 cm³/mol. The van der Waals surface area contributed by atoms with Crippen LogP contribution < -0.4 is 4.90 Å². The Hall–Kier alpha value is -1.59. The number of thioether (sulfide) groups is 1. The van der Waals surface area contributed by atoms with E-state index in [0.717, 1.165) is 15.8 Å². The third-order valence-corrected chi connectivity index (χ3v) is 5.28. The van der Waals surface area contributed by atoms with Gasteiger partial charge in [0.2, 0.25) is 11.8 Å². The Morgan fingerprint density at radius 1 is 1.05 bits per heavy atom. The van der Waals surface area contributed by atoms with Gasteiger partial charge in [0.15, 0.2) is 0 Å². The van der Waals surface area contributed by atoms with E-state index in [2.05, 4.69) is 15.9 Å². The van der Waals surface area contributed by atoms with Crippen molar-refractivity contribution in [1.82, 2.24) is 0 Å². The van der Waals surface area contributed by atoms with Crippen molar-refractivity contribution >= 4 is 45.2 Å². The molecule has 1 atom stereocenters. The molecule has 2 aromatic rings. The molecule has 0 unspecified atom stereocenters. The molecule has 0 spiro atoms. The molecule has 0 aromatic heterocycles. The molecule has 112 valence electrons. The fourth-order valence-corrected chi connectivity index (χ4v) is 3.73. The first kappa shape index (κ1) is 15.3. The van der Waals surface area contributed by atoms with Crippen LogP contribution >= 0.6 is 27.7 Å². The molecule has 2 aromatic carbocycles. The van der Waals surface area contributed by atoms with Crippen LogP contribution in [-0.2, 0) is 15.3 Å². The van der Waals surface area contributed by atoms with E-state index in [4.69, 9.17) is 0 Å². The normalized spacial score (nSPS) is 18.0. The average Bonchev–Trinajstić information content (AvgIpc) is 2.82. The van der Waals surface area contributed by atoms with Crippen molar-refractivity contribution in [3.05, 3.63) is 64.6 Å². The number of carbonyl (C=O) groups excluding carboxylic acids is 2. The molecule has 2 amide bonds. The molecule has 0 aliphatic carbocycles. The van der Waals surface area contributed by atoms with Crippen LogP contribution in [0.2, 0.25) is 0 Å². The first-order chi connectivity index (χ1) is 10.6. The zero-order chi connectivity index (χ0) is 15.5. The van der Waals surface area contributed by atoms with Gasteiger partial charge in [-0.3, -0.25) is 9.59 Å². The Balaban J connectivity index is 1.70. The fraction of sp³-hybridized carbons (Fsp3) is 0.176. The molecule has 0 saturated carbocycles. The maximum Gasteiger partial charge on any atom is 0.247 e.